The zero-order valence-corrected chi connectivity index (χ0v) is 15.3. The highest BCUT2D eigenvalue weighted by molar-refractivity contribution is 7.89. The molecule has 1 N–H and O–H groups in total. The summed E-state index contributed by atoms with van der Waals surface area (Å²) in [5.74, 6) is 0. The molecule has 0 amide bonds. The Kier molecular flexibility index (Phi) is 5.07. The monoisotopic (exact) mass is 390 g/mol. The van der Waals surface area contributed by atoms with Gasteiger partial charge in [-0.15, -0.1) is 11.3 Å². The number of nitro benzene ring substituents is 1. The van der Waals surface area contributed by atoms with E-state index in [9.17, 15) is 18.5 Å². The first kappa shape index (κ1) is 18.1. The number of non-ortho nitro benzene ring substituents is 1. The first-order valence-corrected chi connectivity index (χ1v) is 9.77. The Labute approximate surface area is 153 Å². The Bertz CT molecular complexity index is 1050. The Hall–Kier alpha value is -2.69. The fourth-order valence-electron chi connectivity index (χ4n) is 2.21. The molecule has 0 saturated carbocycles. The minimum absolute atomic E-state index is 0.0504. The third-order valence-electron chi connectivity index (χ3n) is 3.56. The second-order valence-electron chi connectivity index (χ2n) is 5.35. The molecule has 0 atom stereocenters. The molecule has 2 aromatic heterocycles. The van der Waals surface area contributed by atoms with Crippen LogP contribution in [0.25, 0.3) is 10.6 Å². The minimum atomic E-state index is -3.87. The van der Waals surface area contributed by atoms with Crippen molar-refractivity contribution in [1.29, 1.82) is 0 Å². The van der Waals surface area contributed by atoms with E-state index in [-0.39, 0.29) is 17.1 Å². The van der Waals surface area contributed by atoms with Gasteiger partial charge in [0.1, 0.15) is 5.01 Å². The third-order valence-corrected chi connectivity index (χ3v) is 6.17. The average molecular weight is 390 g/mol. The molecule has 0 saturated heterocycles. The van der Waals surface area contributed by atoms with E-state index < -0.39 is 14.9 Å². The van der Waals surface area contributed by atoms with E-state index in [2.05, 4.69) is 14.7 Å². The SMILES string of the molecule is Cc1nc(-c2cccnc2)sc1CNS(=O)(=O)c1cccc([N+](=O)[O-])c1. The topological polar surface area (TPSA) is 115 Å². The van der Waals surface area contributed by atoms with Gasteiger partial charge in [0.25, 0.3) is 5.69 Å². The first-order chi connectivity index (χ1) is 12.4. The summed E-state index contributed by atoms with van der Waals surface area (Å²) in [6.07, 6.45) is 3.35. The zero-order chi connectivity index (χ0) is 18.7. The number of aryl methyl sites for hydroxylation is 1. The Balaban J connectivity index is 1.79. The van der Waals surface area contributed by atoms with Crippen molar-refractivity contribution in [3.05, 3.63) is 69.5 Å². The minimum Gasteiger partial charge on any atom is -0.264 e. The molecule has 3 rings (SSSR count). The van der Waals surface area contributed by atoms with Crippen LogP contribution in [0.2, 0.25) is 0 Å². The van der Waals surface area contributed by atoms with Gasteiger partial charge in [-0.05, 0) is 25.1 Å². The number of thiazole rings is 1. The van der Waals surface area contributed by atoms with Crippen molar-refractivity contribution in [3.8, 4) is 10.6 Å². The van der Waals surface area contributed by atoms with Crippen LogP contribution >= 0.6 is 11.3 Å². The van der Waals surface area contributed by atoms with Crippen LogP contribution in [0.3, 0.4) is 0 Å². The summed E-state index contributed by atoms with van der Waals surface area (Å²) in [7, 11) is -3.87. The number of rotatable bonds is 6. The van der Waals surface area contributed by atoms with Crippen LogP contribution in [0.1, 0.15) is 10.6 Å². The summed E-state index contributed by atoms with van der Waals surface area (Å²) in [6.45, 7) is 1.85. The maximum absolute atomic E-state index is 12.4. The number of hydrogen-bond donors (Lipinski definition) is 1. The quantitative estimate of drug-likeness (QED) is 0.511. The standard InChI is InChI=1S/C16H14N4O4S2/c1-11-15(25-16(19-11)12-4-3-7-17-9-12)10-18-26(23,24)14-6-2-5-13(8-14)20(21)22/h2-9,18H,10H2,1H3. The Morgan fingerprint density at radius 3 is 2.77 bits per heavy atom. The molecule has 0 aliphatic rings. The van der Waals surface area contributed by atoms with E-state index in [4.69, 9.17) is 0 Å². The van der Waals surface area contributed by atoms with Gasteiger partial charge < -0.3 is 0 Å². The largest absolute Gasteiger partial charge is 0.270 e. The van der Waals surface area contributed by atoms with Crippen molar-refractivity contribution in [3.63, 3.8) is 0 Å². The summed E-state index contributed by atoms with van der Waals surface area (Å²) in [6, 6.07) is 8.61. The third kappa shape index (κ3) is 3.93. The van der Waals surface area contributed by atoms with E-state index in [1.807, 2.05) is 6.07 Å². The van der Waals surface area contributed by atoms with Crippen LogP contribution in [0, 0.1) is 17.0 Å². The molecular formula is C16H14N4O4S2. The maximum Gasteiger partial charge on any atom is 0.270 e. The second kappa shape index (κ2) is 7.28. The fourth-order valence-corrected chi connectivity index (χ4v) is 4.33. The van der Waals surface area contributed by atoms with Crippen molar-refractivity contribution in [2.75, 3.05) is 0 Å². The van der Waals surface area contributed by atoms with Crippen LogP contribution in [-0.2, 0) is 16.6 Å². The molecule has 1 aromatic carbocycles. The average Bonchev–Trinajstić information content (AvgIpc) is 3.02. The van der Waals surface area contributed by atoms with E-state index in [1.54, 1.807) is 25.4 Å². The zero-order valence-electron chi connectivity index (χ0n) is 13.6. The fraction of sp³-hybridized carbons (Fsp3) is 0.125. The van der Waals surface area contributed by atoms with Crippen LogP contribution < -0.4 is 4.72 Å². The first-order valence-electron chi connectivity index (χ1n) is 7.47. The number of pyridine rings is 1. The lowest BCUT2D eigenvalue weighted by Gasteiger charge is -2.06. The van der Waals surface area contributed by atoms with Gasteiger partial charge in [0.2, 0.25) is 10.0 Å². The van der Waals surface area contributed by atoms with Crippen molar-refractivity contribution >= 4 is 27.0 Å². The van der Waals surface area contributed by atoms with Crippen LogP contribution in [-0.4, -0.2) is 23.3 Å². The molecular weight excluding hydrogens is 376 g/mol. The van der Waals surface area contributed by atoms with Gasteiger partial charge in [0.15, 0.2) is 0 Å². The molecule has 3 aromatic rings. The molecule has 26 heavy (non-hydrogen) atoms. The number of benzene rings is 1. The number of aromatic nitrogens is 2. The number of sulfonamides is 1. The van der Waals surface area contributed by atoms with Crippen LogP contribution in [0.15, 0.2) is 53.7 Å². The van der Waals surface area contributed by atoms with E-state index in [0.717, 1.165) is 27.2 Å². The lowest BCUT2D eigenvalue weighted by molar-refractivity contribution is -0.385. The summed E-state index contributed by atoms with van der Waals surface area (Å²) in [5, 5.41) is 11.6. The molecule has 0 bridgehead atoms. The lowest BCUT2D eigenvalue weighted by Crippen LogP contribution is -2.23. The summed E-state index contributed by atoms with van der Waals surface area (Å²) in [4.78, 5) is 19.3. The molecule has 134 valence electrons. The molecule has 10 heteroatoms. The molecule has 0 unspecified atom stereocenters. The van der Waals surface area contributed by atoms with E-state index >= 15 is 0 Å². The summed E-state index contributed by atoms with van der Waals surface area (Å²) in [5.41, 5.74) is 1.30. The molecule has 0 aliphatic heterocycles. The van der Waals surface area contributed by atoms with E-state index in [0.29, 0.717) is 0 Å². The van der Waals surface area contributed by atoms with Gasteiger partial charge in [-0.25, -0.2) is 18.1 Å². The van der Waals surface area contributed by atoms with Gasteiger partial charge in [0, 0.05) is 41.5 Å². The summed E-state index contributed by atoms with van der Waals surface area (Å²) < 4.78 is 27.3. The van der Waals surface area contributed by atoms with Crippen LogP contribution in [0.5, 0.6) is 0 Å². The summed E-state index contributed by atoms with van der Waals surface area (Å²) >= 11 is 1.37. The smallest absolute Gasteiger partial charge is 0.264 e. The second-order valence-corrected chi connectivity index (χ2v) is 8.20. The highest BCUT2D eigenvalue weighted by Gasteiger charge is 2.19. The normalized spacial score (nSPS) is 11.4. The predicted molar refractivity (Wildman–Crippen MR) is 97.2 cm³/mol. The molecule has 0 aliphatic carbocycles. The van der Waals surface area contributed by atoms with Gasteiger partial charge in [-0.1, -0.05) is 6.07 Å². The van der Waals surface area contributed by atoms with Gasteiger partial charge in [-0.3, -0.25) is 15.1 Å². The maximum atomic E-state index is 12.4. The number of nitrogens with zero attached hydrogens (tertiary/aromatic N) is 3. The van der Waals surface area contributed by atoms with Gasteiger partial charge in [0.05, 0.1) is 15.5 Å². The van der Waals surface area contributed by atoms with Crippen molar-refractivity contribution < 1.29 is 13.3 Å². The molecule has 0 radical (unpaired) electrons. The molecule has 0 fully saturated rings. The van der Waals surface area contributed by atoms with E-state index in [1.165, 1.54) is 29.5 Å². The number of hydrogen-bond acceptors (Lipinski definition) is 7. The van der Waals surface area contributed by atoms with Gasteiger partial charge in [-0.2, -0.15) is 0 Å². The van der Waals surface area contributed by atoms with Crippen molar-refractivity contribution in [2.24, 2.45) is 0 Å². The predicted octanol–water partition coefficient (Wildman–Crippen LogP) is 2.90. The Morgan fingerprint density at radius 1 is 1.27 bits per heavy atom. The lowest BCUT2D eigenvalue weighted by atomic mass is 10.3. The number of nitro groups is 1. The van der Waals surface area contributed by atoms with Gasteiger partial charge >= 0.3 is 0 Å². The molecule has 8 nitrogen and oxygen atoms in total. The van der Waals surface area contributed by atoms with Crippen molar-refractivity contribution in [1.82, 2.24) is 14.7 Å². The van der Waals surface area contributed by atoms with Crippen LogP contribution in [0.4, 0.5) is 5.69 Å². The molecule has 2 heterocycles. The molecule has 0 spiro atoms. The van der Waals surface area contributed by atoms with Crippen molar-refractivity contribution in [2.45, 2.75) is 18.4 Å². The highest BCUT2D eigenvalue weighted by Crippen LogP contribution is 2.27. The Morgan fingerprint density at radius 2 is 2.08 bits per heavy atom. The number of nitrogens with one attached hydrogen (secondary N) is 1. The highest BCUT2D eigenvalue weighted by atomic mass is 32.2.